The minimum atomic E-state index is -3.93. The third kappa shape index (κ3) is 12.2. The van der Waals surface area contributed by atoms with Crippen LogP contribution < -0.4 is 14.6 Å². The SMILES string of the molecule is CCCCCCC#Cc1ccc(NS(=O)(=O)N[C@H](CC(=O)[O-])C[N+](C)(C)C)cc1. The van der Waals surface area contributed by atoms with Gasteiger partial charge in [0.05, 0.1) is 33.7 Å². The van der Waals surface area contributed by atoms with E-state index in [1.807, 2.05) is 21.1 Å². The molecule has 162 valence electrons. The Hall–Kier alpha value is -2.08. The number of benzene rings is 1. The van der Waals surface area contributed by atoms with Crippen molar-refractivity contribution in [2.75, 3.05) is 32.4 Å². The van der Waals surface area contributed by atoms with E-state index in [1.165, 1.54) is 19.3 Å². The van der Waals surface area contributed by atoms with Crippen molar-refractivity contribution in [3.05, 3.63) is 29.8 Å². The molecule has 0 aliphatic heterocycles. The molecule has 1 aromatic carbocycles. The molecule has 0 saturated carbocycles. The van der Waals surface area contributed by atoms with Gasteiger partial charge in [0.2, 0.25) is 0 Å². The molecule has 0 radical (unpaired) electrons. The fourth-order valence-electron chi connectivity index (χ4n) is 2.84. The van der Waals surface area contributed by atoms with Crippen LogP contribution in [0.15, 0.2) is 24.3 Å². The van der Waals surface area contributed by atoms with Gasteiger partial charge >= 0.3 is 0 Å². The molecule has 0 saturated heterocycles. The summed E-state index contributed by atoms with van der Waals surface area (Å²) in [7, 11) is 1.63. The Kier molecular flexibility index (Phi) is 10.2. The molecule has 7 nitrogen and oxygen atoms in total. The van der Waals surface area contributed by atoms with Gasteiger partial charge in [-0.1, -0.05) is 38.0 Å². The first-order valence-electron chi connectivity index (χ1n) is 9.90. The molecule has 0 fully saturated rings. The van der Waals surface area contributed by atoms with Gasteiger partial charge in [-0.15, -0.1) is 0 Å². The molecule has 0 aromatic heterocycles. The van der Waals surface area contributed by atoms with E-state index in [9.17, 15) is 18.3 Å². The van der Waals surface area contributed by atoms with Crippen molar-refractivity contribution in [2.45, 2.75) is 51.5 Å². The molecule has 0 amide bonds. The monoisotopic (exact) mass is 423 g/mol. The Morgan fingerprint density at radius 1 is 1.14 bits per heavy atom. The fraction of sp³-hybridized carbons (Fsp3) is 0.571. The van der Waals surface area contributed by atoms with Gasteiger partial charge in [0, 0.05) is 30.1 Å². The molecule has 29 heavy (non-hydrogen) atoms. The molecule has 1 aromatic rings. The molecular weight excluding hydrogens is 390 g/mol. The van der Waals surface area contributed by atoms with Crippen LogP contribution in [0.4, 0.5) is 5.69 Å². The second-order valence-electron chi connectivity index (χ2n) is 8.16. The van der Waals surface area contributed by atoms with Gasteiger partial charge in [-0.2, -0.15) is 13.1 Å². The Labute approximate surface area is 175 Å². The molecule has 2 N–H and O–H groups in total. The number of anilines is 1. The Balaban J connectivity index is 2.68. The normalized spacial score (nSPS) is 12.7. The van der Waals surface area contributed by atoms with E-state index < -0.39 is 28.6 Å². The van der Waals surface area contributed by atoms with Crippen molar-refractivity contribution >= 4 is 21.9 Å². The number of carbonyl (C=O) groups excluding carboxylic acids is 1. The average Bonchev–Trinajstić information content (AvgIpc) is 2.56. The van der Waals surface area contributed by atoms with Gasteiger partial charge < -0.3 is 14.4 Å². The molecular formula is C21H33N3O4S. The maximum absolute atomic E-state index is 12.4. The van der Waals surface area contributed by atoms with Crippen LogP contribution in [0.5, 0.6) is 0 Å². The number of carbonyl (C=O) groups is 1. The first-order chi connectivity index (χ1) is 13.5. The summed E-state index contributed by atoms with van der Waals surface area (Å²) < 4.78 is 30.0. The van der Waals surface area contributed by atoms with Crippen LogP contribution in [0.1, 0.15) is 51.0 Å². The molecule has 1 rings (SSSR count). The van der Waals surface area contributed by atoms with Gasteiger partial charge in [-0.3, -0.25) is 4.72 Å². The molecule has 1 atom stereocenters. The van der Waals surface area contributed by atoms with E-state index in [0.717, 1.165) is 18.4 Å². The van der Waals surface area contributed by atoms with Crippen molar-refractivity contribution in [3.63, 3.8) is 0 Å². The van der Waals surface area contributed by atoms with Gasteiger partial charge in [-0.25, -0.2) is 0 Å². The highest BCUT2D eigenvalue weighted by Gasteiger charge is 2.23. The van der Waals surface area contributed by atoms with Crippen LogP contribution in [0.25, 0.3) is 0 Å². The van der Waals surface area contributed by atoms with E-state index >= 15 is 0 Å². The summed E-state index contributed by atoms with van der Waals surface area (Å²) in [5.74, 6) is 4.90. The standard InChI is InChI=1S/C21H33N3O4S/c1-5-6-7-8-9-10-11-18-12-14-19(15-13-18)22-29(27,28)23-20(16-21(25)26)17-24(2,3)4/h12-15,20,22-23H,5-9,16-17H2,1-4H3/t20-/m1/s1. The van der Waals surface area contributed by atoms with Crippen molar-refractivity contribution in [1.29, 1.82) is 0 Å². The first-order valence-corrected chi connectivity index (χ1v) is 11.4. The number of carboxylic acid groups (broad SMARTS) is 1. The molecule has 0 unspecified atom stereocenters. The molecule has 0 bridgehead atoms. The number of aliphatic carboxylic acids is 1. The largest absolute Gasteiger partial charge is 0.550 e. The number of hydrogen-bond acceptors (Lipinski definition) is 4. The van der Waals surface area contributed by atoms with E-state index in [2.05, 4.69) is 28.2 Å². The zero-order chi connectivity index (χ0) is 21.9. The lowest BCUT2D eigenvalue weighted by molar-refractivity contribution is -0.871. The van der Waals surface area contributed by atoms with Gasteiger partial charge in [-0.05, 0) is 30.7 Å². The smallest absolute Gasteiger partial charge is 0.299 e. The lowest BCUT2D eigenvalue weighted by Crippen LogP contribution is -2.51. The summed E-state index contributed by atoms with van der Waals surface area (Å²) in [5, 5.41) is 11.0. The van der Waals surface area contributed by atoms with E-state index in [4.69, 9.17) is 0 Å². The highest BCUT2D eigenvalue weighted by atomic mass is 32.2. The van der Waals surface area contributed by atoms with Crippen molar-refractivity contribution < 1.29 is 22.8 Å². The molecule has 8 heteroatoms. The number of carboxylic acids is 1. The van der Waals surface area contributed by atoms with Crippen LogP contribution in [0.3, 0.4) is 0 Å². The maximum atomic E-state index is 12.4. The van der Waals surface area contributed by atoms with E-state index in [1.54, 1.807) is 24.3 Å². The molecule has 0 aliphatic carbocycles. The van der Waals surface area contributed by atoms with Crippen molar-refractivity contribution in [1.82, 2.24) is 4.72 Å². The Bertz CT molecular complexity index is 803. The van der Waals surface area contributed by atoms with Gasteiger partial charge in [0.25, 0.3) is 10.2 Å². The number of quaternary nitrogens is 1. The summed E-state index contributed by atoms with van der Waals surface area (Å²) in [6, 6.07) is 5.99. The summed E-state index contributed by atoms with van der Waals surface area (Å²) in [6.07, 6.45) is 5.15. The second kappa shape index (κ2) is 11.8. The van der Waals surface area contributed by atoms with Crippen LogP contribution in [-0.2, 0) is 15.0 Å². The van der Waals surface area contributed by atoms with Crippen LogP contribution in [0, 0.1) is 11.8 Å². The van der Waals surface area contributed by atoms with E-state index in [0.29, 0.717) is 16.7 Å². The zero-order valence-corrected chi connectivity index (χ0v) is 18.6. The van der Waals surface area contributed by atoms with Crippen molar-refractivity contribution in [2.24, 2.45) is 0 Å². The van der Waals surface area contributed by atoms with Crippen LogP contribution in [0.2, 0.25) is 0 Å². The number of rotatable bonds is 12. The van der Waals surface area contributed by atoms with Crippen LogP contribution >= 0.6 is 0 Å². The summed E-state index contributed by atoms with van der Waals surface area (Å²) >= 11 is 0. The zero-order valence-electron chi connectivity index (χ0n) is 17.8. The van der Waals surface area contributed by atoms with Gasteiger partial charge in [0.15, 0.2) is 0 Å². The number of nitrogens with one attached hydrogen (secondary N) is 2. The highest BCUT2D eigenvalue weighted by molar-refractivity contribution is 7.90. The number of likely N-dealkylation sites (N-methyl/N-ethyl adjacent to an activating group) is 1. The topological polar surface area (TPSA) is 98.3 Å². The first kappa shape index (κ1) is 25.0. The lowest BCUT2D eigenvalue weighted by Gasteiger charge is -2.29. The summed E-state index contributed by atoms with van der Waals surface area (Å²) in [4.78, 5) is 11.0. The molecule has 0 spiro atoms. The molecule has 0 heterocycles. The Morgan fingerprint density at radius 3 is 2.34 bits per heavy atom. The lowest BCUT2D eigenvalue weighted by atomic mass is 10.1. The van der Waals surface area contributed by atoms with E-state index in [-0.39, 0.29) is 0 Å². The second-order valence-corrected chi connectivity index (χ2v) is 9.61. The molecule has 0 aliphatic rings. The number of unbranched alkanes of at least 4 members (excludes halogenated alkanes) is 4. The quantitative estimate of drug-likeness (QED) is 0.302. The number of hydrogen-bond donors (Lipinski definition) is 2. The van der Waals surface area contributed by atoms with Crippen LogP contribution in [-0.4, -0.2) is 52.6 Å². The highest BCUT2D eigenvalue weighted by Crippen LogP contribution is 2.11. The fourth-order valence-corrected chi connectivity index (χ4v) is 3.94. The Morgan fingerprint density at radius 2 is 1.79 bits per heavy atom. The van der Waals surface area contributed by atoms with Gasteiger partial charge in [0.1, 0.15) is 0 Å². The maximum Gasteiger partial charge on any atom is 0.299 e. The predicted molar refractivity (Wildman–Crippen MR) is 114 cm³/mol. The van der Waals surface area contributed by atoms with Crippen molar-refractivity contribution in [3.8, 4) is 11.8 Å². The summed E-state index contributed by atoms with van der Waals surface area (Å²) in [6.45, 7) is 2.48. The minimum Gasteiger partial charge on any atom is -0.550 e. The average molecular weight is 424 g/mol. The summed E-state index contributed by atoms with van der Waals surface area (Å²) in [5.41, 5.74) is 1.19. The number of nitrogens with zero attached hydrogens (tertiary/aromatic N) is 1. The minimum absolute atomic E-state index is 0.307. The predicted octanol–water partition coefficient (Wildman–Crippen LogP) is 1.47. The third-order valence-electron chi connectivity index (χ3n) is 4.03. The third-order valence-corrected chi connectivity index (χ3v) is 5.18.